The van der Waals surface area contributed by atoms with E-state index in [1.807, 2.05) is 0 Å². The molecule has 0 aromatic heterocycles. The lowest BCUT2D eigenvalue weighted by molar-refractivity contribution is 0.105. The Morgan fingerprint density at radius 1 is 1.50 bits per heavy atom. The van der Waals surface area contributed by atoms with Crippen molar-refractivity contribution in [1.29, 1.82) is 5.41 Å². The standard InChI is InChI=1S/C10H22N4/c1-9-8-14(7-6-13(9)2)5-3-4-10(11)12/h9H,3-8H2,1-2H3,(H3,11,12). The number of amidine groups is 1. The van der Waals surface area contributed by atoms with Crippen molar-refractivity contribution in [3.63, 3.8) is 0 Å². The lowest BCUT2D eigenvalue weighted by atomic mass is 10.2. The van der Waals surface area contributed by atoms with Gasteiger partial charge in [0.1, 0.15) is 0 Å². The topological polar surface area (TPSA) is 56.4 Å². The molecule has 4 heteroatoms. The Hall–Kier alpha value is -0.610. The molecule has 1 rings (SSSR count). The summed E-state index contributed by atoms with van der Waals surface area (Å²) in [4.78, 5) is 4.86. The summed E-state index contributed by atoms with van der Waals surface area (Å²) in [6.07, 6.45) is 1.76. The molecule has 0 aliphatic carbocycles. The highest BCUT2D eigenvalue weighted by Crippen LogP contribution is 2.07. The van der Waals surface area contributed by atoms with Crippen LogP contribution in [0.1, 0.15) is 19.8 Å². The minimum Gasteiger partial charge on any atom is -0.388 e. The van der Waals surface area contributed by atoms with E-state index in [2.05, 4.69) is 23.8 Å². The molecule has 0 spiro atoms. The van der Waals surface area contributed by atoms with Crippen LogP contribution in [-0.4, -0.2) is 54.9 Å². The highest BCUT2D eigenvalue weighted by Gasteiger charge is 2.19. The number of hydrogen-bond acceptors (Lipinski definition) is 3. The van der Waals surface area contributed by atoms with Crippen LogP contribution in [-0.2, 0) is 0 Å². The van der Waals surface area contributed by atoms with Gasteiger partial charge in [-0.3, -0.25) is 5.41 Å². The van der Waals surface area contributed by atoms with Gasteiger partial charge >= 0.3 is 0 Å². The summed E-state index contributed by atoms with van der Waals surface area (Å²) in [6.45, 7) is 6.79. The fourth-order valence-corrected chi connectivity index (χ4v) is 1.82. The molecule has 1 aliphatic rings. The summed E-state index contributed by atoms with van der Waals surface area (Å²) in [5.41, 5.74) is 5.31. The van der Waals surface area contributed by atoms with Crippen molar-refractivity contribution in [2.75, 3.05) is 33.2 Å². The minimum absolute atomic E-state index is 0.312. The SMILES string of the molecule is CC1CN(CCCC(=N)N)CCN1C. The van der Waals surface area contributed by atoms with Gasteiger partial charge in [-0.25, -0.2) is 0 Å². The molecule has 14 heavy (non-hydrogen) atoms. The molecule has 1 aliphatic heterocycles. The van der Waals surface area contributed by atoms with Crippen LogP contribution in [0.4, 0.5) is 0 Å². The Bertz CT molecular complexity index is 193. The van der Waals surface area contributed by atoms with Gasteiger partial charge in [-0.15, -0.1) is 0 Å². The maximum atomic E-state index is 7.13. The number of nitrogens with one attached hydrogen (secondary N) is 1. The average molecular weight is 198 g/mol. The van der Waals surface area contributed by atoms with Gasteiger partial charge in [0, 0.05) is 32.1 Å². The van der Waals surface area contributed by atoms with Gasteiger partial charge in [-0.05, 0) is 26.9 Å². The third-order valence-electron chi connectivity index (χ3n) is 2.96. The van der Waals surface area contributed by atoms with Crippen molar-refractivity contribution in [2.45, 2.75) is 25.8 Å². The Morgan fingerprint density at radius 2 is 2.21 bits per heavy atom. The highest BCUT2D eigenvalue weighted by atomic mass is 15.3. The molecule has 1 heterocycles. The highest BCUT2D eigenvalue weighted by molar-refractivity contribution is 5.76. The predicted octanol–water partition coefficient (Wildman–Crippen LogP) is 0.338. The number of nitrogens with zero attached hydrogens (tertiary/aromatic N) is 2. The smallest absolute Gasteiger partial charge is 0.0905 e. The lowest BCUT2D eigenvalue weighted by Crippen LogP contribution is -2.50. The van der Waals surface area contributed by atoms with Crippen LogP contribution in [0, 0.1) is 5.41 Å². The molecule has 1 saturated heterocycles. The molecule has 0 amide bonds. The molecule has 0 aromatic carbocycles. The van der Waals surface area contributed by atoms with Crippen molar-refractivity contribution in [2.24, 2.45) is 5.73 Å². The van der Waals surface area contributed by atoms with Crippen molar-refractivity contribution in [3.8, 4) is 0 Å². The van der Waals surface area contributed by atoms with E-state index in [1.165, 1.54) is 0 Å². The van der Waals surface area contributed by atoms with E-state index in [1.54, 1.807) is 0 Å². The predicted molar refractivity (Wildman–Crippen MR) is 59.7 cm³/mol. The van der Waals surface area contributed by atoms with E-state index in [0.717, 1.165) is 39.0 Å². The summed E-state index contributed by atoms with van der Waals surface area (Å²) >= 11 is 0. The first-order valence-corrected chi connectivity index (χ1v) is 5.35. The molecule has 1 unspecified atom stereocenters. The molecule has 0 aromatic rings. The third kappa shape index (κ3) is 3.64. The fourth-order valence-electron chi connectivity index (χ4n) is 1.82. The Balaban J connectivity index is 2.16. The summed E-state index contributed by atoms with van der Waals surface area (Å²) in [5, 5.41) is 7.13. The monoisotopic (exact) mass is 198 g/mol. The van der Waals surface area contributed by atoms with Gasteiger partial charge in [0.2, 0.25) is 0 Å². The van der Waals surface area contributed by atoms with E-state index in [-0.39, 0.29) is 0 Å². The number of piperazine rings is 1. The fraction of sp³-hybridized carbons (Fsp3) is 0.900. The van der Waals surface area contributed by atoms with Gasteiger partial charge in [0.05, 0.1) is 5.84 Å². The molecule has 0 bridgehead atoms. The first kappa shape index (κ1) is 11.5. The van der Waals surface area contributed by atoms with Crippen molar-refractivity contribution >= 4 is 5.84 Å². The zero-order valence-corrected chi connectivity index (χ0v) is 9.29. The zero-order valence-electron chi connectivity index (χ0n) is 9.29. The normalized spacial score (nSPS) is 25.1. The zero-order chi connectivity index (χ0) is 10.6. The van der Waals surface area contributed by atoms with Crippen LogP contribution < -0.4 is 5.73 Å². The summed E-state index contributed by atoms with van der Waals surface area (Å²) in [5.74, 6) is 0.312. The minimum atomic E-state index is 0.312. The van der Waals surface area contributed by atoms with Gasteiger partial charge in [0.15, 0.2) is 0 Å². The van der Waals surface area contributed by atoms with Crippen molar-refractivity contribution < 1.29 is 0 Å². The largest absolute Gasteiger partial charge is 0.388 e. The third-order valence-corrected chi connectivity index (χ3v) is 2.96. The number of rotatable bonds is 4. The molecule has 1 fully saturated rings. The summed E-state index contributed by atoms with van der Waals surface area (Å²) in [6, 6.07) is 0.654. The van der Waals surface area contributed by atoms with Crippen LogP contribution in [0.25, 0.3) is 0 Å². The molecule has 4 nitrogen and oxygen atoms in total. The first-order chi connectivity index (χ1) is 6.59. The van der Waals surface area contributed by atoms with Crippen LogP contribution in [0.5, 0.6) is 0 Å². The molecule has 1 atom stereocenters. The van der Waals surface area contributed by atoms with E-state index in [4.69, 9.17) is 11.1 Å². The van der Waals surface area contributed by atoms with E-state index in [0.29, 0.717) is 11.9 Å². The van der Waals surface area contributed by atoms with E-state index < -0.39 is 0 Å². The second-order valence-electron chi connectivity index (χ2n) is 4.26. The Morgan fingerprint density at radius 3 is 2.79 bits per heavy atom. The summed E-state index contributed by atoms with van der Waals surface area (Å²) < 4.78 is 0. The molecule has 0 saturated carbocycles. The van der Waals surface area contributed by atoms with E-state index >= 15 is 0 Å². The summed E-state index contributed by atoms with van der Waals surface area (Å²) in [7, 11) is 2.18. The van der Waals surface area contributed by atoms with Crippen LogP contribution in [0.2, 0.25) is 0 Å². The number of nitrogens with two attached hydrogens (primary N) is 1. The Labute approximate surface area is 86.6 Å². The van der Waals surface area contributed by atoms with Crippen LogP contribution in [0.3, 0.4) is 0 Å². The molecule has 0 radical (unpaired) electrons. The van der Waals surface area contributed by atoms with Gasteiger partial charge in [-0.1, -0.05) is 0 Å². The van der Waals surface area contributed by atoms with E-state index in [9.17, 15) is 0 Å². The first-order valence-electron chi connectivity index (χ1n) is 5.35. The van der Waals surface area contributed by atoms with Crippen LogP contribution in [0.15, 0.2) is 0 Å². The number of hydrogen-bond donors (Lipinski definition) is 2. The quantitative estimate of drug-likeness (QED) is 0.506. The molecule has 82 valence electrons. The molecular weight excluding hydrogens is 176 g/mol. The lowest BCUT2D eigenvalue weighted by Gasteiger charge is -2.37. The van der Waals surface area contributed by atoms with Gasteiger partial charge in [-0.2, -0.15) is 0 Å². The maximum absolute atomic E-state index is 7.13. The van der Waals surface area contributed by atoms with Gasteiger partial charge in [0.25, 0.3) is 0 Å². The second kappa shape index (κ2) is 5.32. The molecular formula is C10H22N4. The Kier molecular flexibility index (Phi) is 4.35. The van der Waals surface area contributed by atoms with Crippen molar-refractivity contribution in [3.05, 3.63) is 0 Å². The average Bonchev–Trinajstić information content (AvgIpc) is 2.10. The molecule has 3 N–H and O–H groups in total. The van der Waals surface area contributed by atoms with Gasteiger partial charge < -0.3 is 15.5 Å². The van der Waals surface area contributed by atoms with Crippen molar-refractivity contribution in [1.82, 2.24) is 9.80 Å². The second-order valence-corrected chi connectivity index (χ2v) is 4.26. The van der Waals surface area contributed by atoms with Crippen LogP contribution >= 0.6 is 0 Å². The maximum Gasteiger partial charge on any atom is 0.0905 e. The number of likely N-dealkylation sites (N-methyl/N-ethyl adjacent to an activating group) is 1.